The number of ether oxygens (including phenoxy) is 1. The summed E-state index contributed by atoms with van der Waals surface area (Å²) in [7, 11) is 0. The topological polar surface area (TPSA) is 82.0 Å². The average Bonchev–Trinajstić information content (AvgIpc) is 2.94. The predicted octanol–water partition coefficient (Wildman–Crippen LogP) is 6.68. The average molecular weight is 612 g/mol. The van der Waals surface area contributed by atoms with Crippen LogP contribution in [0.1, 0.15) is 77.3 Å². The third kappa shape index (κ3) is 7.78. The van der Waals surface area contributed by atoms with Crippen molar-refractivity contribution in [1.82, 2.24) is 14.9 Å². The predicted molar refractivity (Wildman–Crippen MR) is 157 cm³/mol. The van der Waals surface area contributed by atoms with Crippen molar-refractivity contribution >= 4 is 29.3 Å². The van der Waals surface area contributed by atoms with Gasteiger partial charge in [0, 0.05) is 42.8 Å². The van der Waals surface area contributed by atoms with Crippen LogP contribution in [0, 0.1) is 0 Å². The number of amides is 1. The number of alkyl halides is 3. The first kappa shape index (κ1) is 32.1. The van der Waals surface area contributed by atoms with Crippen molar-refractivity contribution < 1.29 is 27.8 Å². The quantitative estimate of drug-likeness (QED) is 0.356. The zero-order chi connectivity index (χ0) is 30.6. The van der Waals surface area contributed by atoms with Crippen molar-refractivity contribution in [2.75, 3.05) is 22.9 Å². The van der Waals surface area contributed by atoms with E-state index in [1.807, 2.05) is 37.5 Å². The summed E-state index contributed by atoms with van der Waals surface area (Å²) in [6, 6.07) is 3.21. The number of anilines is 2. The van der Waals surface area contributed by atoms with Gasteiger partial charge in [-0.2, -0.15) is 13.2 Å². The number of aromatic nitrogens is 2. The van der Waals surface area contributed by atoms with E-state index in [9.17, 15) is 23.1 Å². The molecule has 3 heterocycles. The maximum atomic E-state index is 13.6. The lowest BCUT2D eigenvalue weighted by Crippen LogP contribution is -2.57. The van der Waals surface area contributed by atoms with Crippen LogP contribution < -0.4 is 9.80 Å². The minimum Gasteiger partial charge on any atom is -0.447 e. The van der Waals surface area contributed by atoms with Crippen LogP contribution in [0.3, 0.4) is 0 Å². The molecule has 3 atom stereocenters. The Balaban J connectivity index is 1.67. The van der Waals surface area contributed by atoms with Gasteiger partial charge in [-0.3, -0.25) is 0 Å². The lowest BCUT2D eigenvalue weighted by atomic mass is 9.87. The van der Waals surface area contributed by atoms with Gasteiger partial charge in [0.25, 0.3) is 0 Å². The van der Waals surface area contributed by atoms with Gasteiger partial charge in [-0.1, -0.05) is 25.4 Å². The second kappa shape index (κ2) is 13.7. The zero-order valence-corrected chi connectivity index (χ0v) is 25.4. The summed E-state index contributed by atoms with van der Waals surface area (Å²) in [6.45, 7) is 9.19. The number of piperidine rings is 2. The molecule has 232 valence electrons. The molecule has 1 aromatic heterocycles. The Morgan fingerprint density at radius 2 is 1.69 bits per heavy atom. The molecule has 0 unspecified atom stereocenters. The number of carbonyl (C=O) groups is 1. The van der Waals surface area contributed by atoms with Crippen LogP contribution in [0.5, 0.6) is 0 Å². The van der Waals surface area contributed by atoms with Gasteiger partial charge in [0.15, 0.2) is 0 Å². The van der Waals surface area contributed by atoms with Gasteiger partial charge in [0.1, 0.15) is 0 Å². The molecule has 0 radical (unpaired) electrons. The monoisotopic (exact) mass is 611 g/mol. The van der Waals surface area contributed by atoms with E-state index in [0.717, 1.165) is 17.8 Å². The molecule has 8 nitrogen and oxygen atoms in total. The first-order chi connectivity index (χ1) is 19.9. The first-order valence-corrected chi connectivity index (χ1v) is 15.1. The van der Waals surface area contributed by atoms with E-state index in [1.165, 1.54) is 0 Å². The highest BCUT2D eigenvalue weighted by molar-refractivity contribution is 6.30. The van der Waals surface area contributed by atoms with Gasteiger partial charge in [-0.05, 0) is 76.1 Å². The molecule has 0 saturated carbocycles. The van der Waals surface area contributed by atoms with E-state index < -0.39 is 11.7 Å². The number of halogens is 4. The molecule has 12 heteroatoms. The van der Waals surface area contributed by atoms with Crippen LogP contribution in [0.25, 0.3) is 0 Å². The fraction of sp³-hybridized carbons (Fsp3) is 0.633. The third-order valence-corrected chi connectivity index (χ3v) is 8.37. The number of hydrogen-bond donors (Lipinski definition) is 1. The van der Waals surface area contributed by atoms with Crippen molar-refractivity contribution in [2.45, 2.75) is 109 Å². The Morgan fingerprint density at radius 3 is 2.21 bits per heavy atom. The number of aliphatic hydroxyl groups is 1. The molecule has 0 bridgehead atoms. The van der Waals surface area contributed by atoms with Crippen molar-refractivity contribution in [3.63, 3.8) is 0 Å². The summed E-state index contributed by atoms with van der Waals surface area (Å²) >= 11 is 6.14. The number of carbonyl (C=O) groups excluding carboxylic acids is 1. The van der Waals surface area contributed by atoms with Gasteiger partial charge >= 0.3 is 12.3 Å². The fourth-order valence-corrected chi connectivity index (χ4v) is 6.26. The van der Waals surface area contributed by atoms with Gasteiger partial charge in [0.05, 0.1) is 35.9 Å². The molecule has 1 amide bonds. The molecule has 0 aliphatic carbocycles. The van der Waals surface area contributed by atoms with E-state index in [1.54, 1.807) is 18.5 Å². The van der Waals surface area contributed by atoms with E-state index in [-0.39, 0.29) is 48.0 Å². The second-order valence-corrected chi connectivity index (χ2v) is 12.0. The van der Waals surface area contributed by atoms with E-state index >= 15 is 0 Å². The lowest BCUT2D eigenvalue weighted by molar-refractivity contribution is -0.137. The highest BCUT2D eigenvalue weighted by Gasteiger charge is 2.41. The number of nitrogens with zero attached hydrogens (tertiary/aromatic N) is 5. The maximum Gasteiger partial charge on any atom is 0.416 e. The lowest BCUT2D eigenvalue weighted by Gasteiger charge is -2.47. The van der Waals surface area contributed by atoms with Gasteiger partial charge in [-0.15, -0.1) is 0 Å². The van der Waals surface area contributed by atoms with Gasteiger partial charge < -0.3 is 24.5 Å². The van der Waals surface area contributed by atoms with Crippen LogP contribution in [0.2, 0.25) is 5.02 Å². The number of aliphatic hydroxyl groups excluding tert-OH is 1. The Bertz CT molecular complexity index is 1180. The van der Waals surface area contributed by atoms with E-state index in [2.05, 4.69) is 14.9 Å². The van der Waals surface area contributed by atoms with E-state index in [0.29, 0.717) is 63.1 Å². The minimum absolute atomic E-state index is 0.00690. The number of likely N-dealkylation sites (tertiary alicyclic amines) is 1. The molecule has 1 N–H and O–H groups in total. The molecule has 2 aromatic rings. The highest BCUT2D eigenvalue weighted by Crippen LogP contribution is 2.36. The van der Waals surface area contributed by atoms with Crippen LogP contribution in [0.15, 0.2) is 30.6 Å². The van der Waals surface area contributed by atoms with Crippen molar-refractivity contribution in [3.05, 3.63) is 46.7 Å². The maximum absolute atomic E-state index is 13.6. The van der Waals surface area contributed by atoms with Crippen LogP contribution in [0.4, 0.5) is 29.6 Å². The molecule has 4 rings (SSSR count). The summed E-state index contributed by atoms with van der Waals surface area (Å²) in [5, 5.41) is 9.87. The van der Waals surface area contributed by atoms with E-state index in [4.69, 9.17) is 16.3 Å². The highest BCUT2D eigenvalue weighted by atomic mass is 35.5. The Labute approximate surface area is 250 Å². The summed E-state index contributed by atoms with van der Waals surface area (Å²) in [5.41, 5.74) is 0.421. The number of rotatable bonds is 8. The Morgan fingerprint density at radius 1 is 1.10 bits per heavy atom. The Kier molecular flexibility index (Phi) is 10.5. The fourth-order valence-electron chi connectivity index (χ4n) is 6.01. The van der Waals surface area contributed by atoms with Crippen LogP contribution >= 0.6 is 11.6 Å². The third-order valence-electron chi connectivity index (χ3n) is 8.15. The minimum atomic E-state index is -4.53. The normalized spacial score (nSPS) is 22.0. The molecule has 1 aromatic carbocycles. The molecule has 2 aliphatic heterocycles. The summed E-state index contributed by atoms with van der Waals surface area (Å²) in [4.78, 5) is 28.4. The molecule has 2 saturated heterocycles. The molecule has 2 fully saturated rings. The summed E-state index contributed by atoms with van der Waals surface area (Å²) in [5.74, 6) is 0.400. The molecular formula is C30H41ClF3N5O3. The van der Waals surface area contributed by atoms with Gasteiger partial charge in [-0.25, -0.2) is 14.8 Å². The largest absolute Gasteiger partial charge is 0.447 e. The molecule has 0 spiro atoms. The van der Waals surface area contributed by atoms with Crippen molar-refractivity contribution in [1.29, 1.82) is 0 Å². The molecule has 2 aliphatic rings. The molecule has 42 heavy (non-hydrogen) atoms. The van der Waals surface area contributed by atoms with Crippen molar-refractivity contribution in [2.24, 2.45) is 0 Å². The zero-order valence-electron chi connectivity index (χ0n) is 24.6. The first-order valence-electron chi connectivity index (χ1n) is 14.8. The smallest absolute Gasteiger partial charge is 0.416 e. The van der Waals surface area contributed by atoms with Crippen LogP contribution in [-0.2, 0) is 17.5 Å². The Hall–Kier alpha value is -2.79. The summed E-state index contributed by atoms with van der Waals surface area (Å²) in [6.07, 6.45) is 1.93. The molecular weight excluding hydrogens is 571 g/mol. The second-order valence-electron chi connectivity index (χ2n) is 11.5. The summed E-state index contributed by atoms with van der Waals surface area (Å²) < 4.78 is 46.5. The SMILES string of the molecule is CC[C@@H]1C[C@H](N(Cc2cc(Cl)cc(C(F)(F)F)c2)c2ncc(N3CCC(O)CC3)cn2)C[C@H](CC)N1C(=O)OC(C)C. The van der Waals surface area contributed by atoms with Gasteiger partial charge in [0.2, 0.25) is 5.95 Å². The van der Waals surface area contributed by atoms with Crippen molar-refractivity contribution in [3.8, 4) is 0 Å². The standard InChI is InChI=1S/C30H41ClF3N5O3/c1-5-23-14-25(15-24(6-2)39(23)29(41)42-19(3)4)38(18-20-11-21(30(32,33)34)13-22(31)12-20)28-35-16-26(17-36-28)37-9-7-27(40)8-10-37/h11-13,16-17,19,23-25,27,40H,5-10,14-15,18H2,1-4H3/t23-,24+,25+. The number of benzene rings is 1. The number of hydrogen-bond acceptors (Lipinski definition) is 7. The van der Waals surface area contributed by atoms with Crippen LogP contribution in [-0.4, -0.2) is 69.5 Å².